The van der Waals surface area contributed by atoms with Gasteiger partial charge in [-0.15, -0.1) is 12.4 Å². The van der Waals surface area contributed by atoms with Crippen LogP contribution in [0.5, 0.6) is 0 Å². The molecule has 0 radical (unpaired) electrons. The van der Waals surface area contributed by atoms with E-state index in [2.05, 4.69) is 20.9 Å². The number of carbonyl (C=O) groups excluding carboxylic acids is 1. The largest absolute Gasteiger partial charge is 1.00 e. The average Bonchev–Trinajstić information content (AvgIpc) is 2.87. The van der Waals surface area contributed by atoms with Crippen molar-refractivity contribution in [1.29, 1.82) is 0 Å². The molecule has 5 aromatic rings. The Labute approximate surface area is 222 Å². The Bertz CT molecular complexity index is 1450. The van der Waals surface area contributed by atoms with Gasteiger partial charge in [-0.3, -0.25) is 9.78 Å². The highest BCUT2D eigenvalue weighted by atomic mass is 35.5. The number of benzene rings is 3. The highest BCUT2D eigenvalue weighted by Gasteiger charge is 2.08. The summed E-state index contributed by atoms with van der Waals surface area (Å²) in [5, 5.41) is 10.8. The predicted molar refractivity (Wildman–Crippen MR) is 144 cm³/mol. The van der Waals surface area contributed by atoms with Crippen LogP contribution in [0.1, 0.15) is 10.4 Å². The summed E-state index contributed by atoms with van der Waals surface area (Å²) in [6.45, 7) is 0. The first kappa shape index (κ1) is 26.5. The molecule has 0 bridgehead atoms. The lowest BCUT2D eigenvalue weighted by Crippen LogP contribution is -3.00. The second-order valence-electron chi connectivity index (χ2n) is 7.99. The van der Waals surface area contributed by atoms with Crippen LogP contribution in [0, 0.1) is 0 Å². The Morgan fingerprint density at radius 3 is 2.22 bits per heavy atom. The highest BCUT2D eigenvalue weighted by molar-refractivity contribution is 6.05. The van der Waals surface area contributed by atoms with Gasteiger partial charge in [-0.1, -0.05) is 24.3 Å². The van der Waals surface area contributed by atoms with Crippen molar-refractivity contribution in [1.82, 2.24) is 4.98 Å². The summed E-state index contributed by atoms with van der Waals surface area (Å²) in [6, 6.07) is 29.0. The van der Waals surface area contributed by atoms with Crippen LogP contribution in [-0.4, -0.2) is 10.9 Å². The number of anilines is 5. The molecule has 2 heterocycles. The molecule has 0 atom stereocenters. The van der Waals surface area contributed by atoms with Gasteiger partial charge in [0.1, 0.15) is 7.05 Å². The minimum absolute atomic E-state index is 0. The van der Waals surface area contributed by atoms with Crippen molar-refractivity contribution in [2.75, 3.05) is 16.0 Å². The van der Waals surface area contributed by atoms with E-state index in [1.807, 2.05) is 109 Å². The van der Waals surface area contributed by atoms with Crippen molar-refractivity contribution >= 4 is 57.7 Å². The van der Waals surface area contributed by atoms with Gasteiger partial charge in [0.15, 0.2) is 12.4 Å². The number of hydrogen-bond acceptors (Lipinski definition) is 4. The molecule has 6 nitrogen and oxygen atoms in total. The van der Waals surface area contributed by atoms with E-state index in [1.54, 1.807) is 12.3 Å². The van der Waals surface area contributed by atoms with Crippen LogP contribution >= 0.6 is 12.4 Å². The number of pyridine rings is 2. The van der Waals surface area contributed by atoms with Crippen LogP contribution in [0.3, 0.4) is 0 Å². The number of aryl methyl sites for hydroxylation is 1. The van der Waals surface area contributed by atoms with E-state index in [1.165, 1.54) is 0 Å². The highest BCUT2D eigenvalue weighted by Crippen LogP contribution is 2.26. The zero-order chi connectivity index (χ0) is 23.3. The standard InChI is InChI=1S/C28H23N5O.2ClH/c1-33-17-14-23(15-18-33)30-24-6-4-5-20(19-24)28(34)32-22-11-9-21(10-12-22)31-27-13-16-29-26-8-3-2-7-25(26)27;;/h2-19H,1H3,(H2,29,31,32,34);2*1H. The monoisotopic (exact) mass is 517 g/mol. The molecule has 3 aromatic carbocycles. The maximum atomic E-state index is 12.8. The summed E-state index contributed by atoms with van der Waals surface area (Å²) in [4.78, 5) is 17.2. The molecular formula is C28H25Cl2N5O. The Balaban J connectivity index is 0.00000180. The van der Waals surface area contributed by atoms with E-state index in [0.717, 1.165) is 39.3 Å². The third-order valence-electron chi connectivity index (χ3n) is 5.46. The van der Waals surface area contributed by atoms with Gasteiger partial charge in [-0.05, 0) is 54.6 Å². The first-order valence-corrected chi connectivity index (χ1v) is 11.0. The number of hydrogen-bond donors (Lipinski definition) is 3. The van der Waals surface area contributed by atoms with Gasteiger partial charge < -0.3 is 28.4 Å². The molecule has 0 saturated heterocycles. The van der Waals surface area contributed by atoms with Crippen molar-refractivity contribution in [3.05, 3.63) is 115 Å². The Hall–Kier alpha value is -4.13. The van der Waals surface area contributed by atoms with Crippen LogP contribution in [0.4, 0.5) is 28.4 Å². The first-order valence-electron chi connectivity index (χ1n) is 11.0. The van der Waals surface area contributed by atoms with Gasteiger partial charge in [-0.2, -0.15) is 0 Å². The molecule has 0 fully saturated rings. The molecule has 0 spiro atoms. The van der Waals surface area contributed by atoms with Gasteiger partial charge in [0, 0.05) is 52.0 Å². The van der Waals surface area contributed by atoms with Crippen LogP contribution in [-0.2, 0) is 7.05 Å². The lowest BCUT2D eigenvalue weighted by atomic mass is 10.1. The number of fused-ring (bicyclic) bond motifs is 1. The Morgan fingerprint density at radius 1 is 0.750 bits per heavy atom. The van der Waals surface area contributed by atoms with Crippen molar-refractivity contribution in [2.24, 2.45) is 7.05 Å². The summed E-state index contributed by atoms with van der Waals surface area (Å²) in [7, 11) is 1.97. The number of nitrogens with one attached hydrogen (secondary N) is 3. The molecule has 3 N–H and O–H groups in total. The first-order chi connectivity index (χ1) is 16.6. The van der Waals surface area contributed by atoms with E-state index in [4.69, 9.17) is 0 Å². The fraction of sp³-hybridized carbons (Fsp3) is 0.0357. The molecule has 8 heteroatoms. The third-order valence-corrected chi connectivity index (χ3v) is 5.46. The molecule has 0 aliphatic heterocycles. The van der Waals surface area contributed by atoms with E-state index in [0.29, 0.717) is 5.56 Å². The smallest absolute Gasteiger partial charge is 0.255 e. The van der Waals surface area contributed by atoms with Crippen molar-refractivity contribution in [3.8, 4) is 0 Å². The quantitative estimate of drug-likeness (QED) is 0.302. The molecule has 0 saturated carbocycles. The van der Waals surface area contributed by atoms with Crippen molar-refractivity contribution < 1.29 is 21.8 Å². The van der Waals surface area contributed by atoms with Crippen LogP contribution < -0.4 is 32.9 Å². The average molecular weight is 518 g/mol. The SMILES string of the molecule is C[n+]1ccc(Nc2cccc(C(=O)Nc3ccc(Nc4ccnc5ccccc45)cc3)c2)cc1.Cl.[Cl-]. The number of nitrogens with zero attached hydrogens (tertiary/aromatic N) is 2. The van der Waals surface area contributed by atoms with Gasteiger partial charge in [-0.25, -0.2) is 4.57 Å². The summed E-state index contributed by atoms with van der Waals surface area (Å²) in [5.41, 5.74) is 5.97. The van der Waals surface area contributed by atoms with E-state index < -0.39 is 0 Å². The van der Waals surface area contributed by atoms with Gasteiger partial charge >= 0.3 is 0 Å². The Morgan fingerprint density at radius 2 is 1.44 bits per heavy atom. The maximum absolute atomic E-state index is 12.8. The minimum atomic E-state index is -0.163. The summed E-state index contributed by atoms with van der Waals surface area (Å²) in [5.74, 6) is -0.163. The molecule has 182 valence electrons. The second-order valence-corrected chi connectivity index (χ2v) is 7.99. The summed E-state index contributed by atoms with van der Waals surface area (Å²) in [6.07, 6.45) is 5.73. The lowest BCUT2D eigenvalue weighted by Gasteiger charge is -2.11. The van der Waals surface area contributed by atoms with Gasteiger partial charge in [0.2, 0.25) is 0 Å². The maximum Gasteiger partial charge on any atom is 0.255 e. The molecular weight excluding hydrogens is 493 g/mol. The fourth-order valence-corrected chi connectivity index (χ4v) is 3.69. The number of rotatable bonds is 6. The number of para-hydroxylation sites is 1. The molecule has 0 aliphatic rings. The van der Waals surface area contributed by atoms with Crippen molar-refractivity contribution in [2.45, 2.75) is 0 Å². The molecule has 36 heavy (non-hydrogen) atoms. The normalized spacial score (nSPS) is 10.0. The van der Waals surface area contributed by atoms with Crippen LogP contribution in [0.25, 0.3) is 10.9 Å². The zero-order valence-electron chi connectivity index (χ0n) is 19.5. The van der Waals surface area contributed by atoms with E-state index >= 15 is 0 Å². The minimum Gasteiger partial charge on any atom is -1.00 e. The van der Waals surface area contributed by atoms with E-state index in [-0.39, 0.29) is 30.7 Å². The molecule has 1 amide bonds. The summed E-state index contributed by atoms with van der Waals surface area (Å²) < 4.78 is 1.97. The summed E-state index contributed by atoms with van der Waals surface area (Å²) >= 11 is 0. The van der Waals surface area contributed by atoms with Crippen molar-refractivity contribution in [3.63, 3.8) is 0 Å². The number of halogens is 2. The Kier molecular flexibility index (Phi) is 8.84. The van der Waals surface area contributed by atoms with Crippen LogP contribution in [0.2, 0.25) is 0 Å². The number of amides is 1. The lowest BCUT2D eigenvalue weighted by molar-refractivity contribution is -0.671. The van der Waals surface area contributed by atoms with Gasteiger partial charge in [0.25, 0.3) is 5.91 Å². The number of carbonyl (C=O) groups is 1. The molecule has 0 unspecified atom stereocenters. The van der Waals surface area contributed by atoms with Crippen LogP contribution in [0.15, 0.2) is 110 Å². The van der Waals surface area contributed by atoms with E-state index in [9.17, 15) is 4.79 Å². The molecule has 0 aliphatic carbocycles. The topological polar surface area (TPSA) is 69.9 Å². The second kappa shape index (κ2) is 12.0. The fourth-order valence-electron chi connectivity index (χ4n) is 3.69. The zero-order valence-corrected chi connectivity index (χ0v) is 21.1. The molecule has 5 rings (SSSR count). The predicted octanol–water partition coefficient (Wildman–Crippen LogP) is 3.22. The number of aromatic nitrogens is 2. The molecule has 2 aromatic heterocycles. The van der Waals surface area contributed by atoms with Gasteiger partial charge in [0.05, 0.1) is 11.2 Å². The third kappa shape index (κ3) is 6.30.